The molecule has 10 heteroatoms. The van der Waals surface area contributed by atoms with Crippen molar-refractivity contribution in [2.75, 3.05) is 31.1 Å². The van der Waals surface area contributed by atoms with Crippen LogP contribution in [0.15, 0.2) is 48.9 Å². The summed E-state index contributed by atoms with van der Waals surface area (Å²) in [5.74, 6) is 0.665. The first-order valence-electron chi connectivity index (χ1n) is 11.6. The standard InChI is InChI=1S/C26H27Cl2N5O3/c1-26(2,3)36-25(35)33-10-8-32(9-11-33)24-7-4-17(15-29-24)12-23(34)22-14-21(30-16-31-22)18-5-6-19(27)20(28)13-18/h4-7,13-16H,8-12H2,1-3H3. The molecular weight excluding hydrogens is 501 g/mol. The van der Waals surface area contributed by atoms with Crippen molar-refractivity contribution < 1.29 is 14.3 Å². The van der Waals surface area contributed by atoms with Crippen molar-refractivity contribution in [3.05, 3.63) is 70.2 Å². The molecule has 188 valence electrons. The first-order valence-corrected chi connectivity index (χ1v) is 12.3. The zero-order valence-electron chi connectivity index (χ0n) is 20.4. The molecule has 0 aliphatic carbocycles. The summed E-state index contributed by atoms with van der Waals surface area (Å²) >= 11 is 12.1. The van der Waals surface area contributed by atoms with Crippen LogP contribution in [0.3, 0.4) is 0 Å². The van der Waals surface area contributed by atoms with Crippen molar-refractivity contribution in [2.45, 2.75) is 32.8 Å². The van der Waals surface area contributed by atoms with E-state index in [0.717, 1.165) is 16.9 Å². The van der Waals surface area contributed by atoms with Gasteiger partial charge in [-0.15, -0.1) is 0 Å². The topological polar surface area (TPSA) is 88.5 Å². The van der Waals surface area contributed by atoms with Crippen LogP contribution in [-0.4, -0.2) is 63.5 Å². The van der Waals surface area contributed by atoms with Crippen molar-refractivity contribution in [3.8, 4) is 11.3 Å². The first-order chi connectivity index (χ1) is 17.1. The van der Waals surface area contributed by atoms with Crippen molar-refractivity contribution in [3.63, 3.8) is 0 Å². The van der Waals surface area contributed by atoms with Crippen LogP contribution in [0.25, 0.3) is 11.3 Å². The van der Waals surface area contributed by atoms with Crippen LogP contribution in [0.5, 0.6) is 0 Å². The molecule has 0 bridgehead atoms. The fourth-order valence-corrected chi connectivity index (χ4v) is 4.05. The van der Waals surface area contributed by atoms with E-state index in [2.05, 4.69) is 19.9 Å². The maximum atomic E-state index is 12.9. The van der Waals surface area contributed by atoms with Gasteiger partial charge in [0, 0.05) is 44.4 Å². The normalized spacial score (nSPS) is 14.0. The number of amides is 1. The number of piperazine rings is 1. The Morgan fingerprint density at radius 1 is 0.944 bits per heavy atom. The molecule has 0 radical (unpaired) electrons. The molecule has 1 aromatic carbocycles. The average Bonchev–Trinajstić information content (AvgIpc) is 2.85. The Bertz CT molecular complexity index is 1250. The number of hydrogen-bond acceptors (Lipinski definition) is 7. The third-order valence-electron chi connectivity index (χ3n) is 5.60. The van der Waals surface area contributed by atoms with Gasteiger partial charge in [0.2, 0.25) is 0 Å². The van der Waals surface area contributed by atoms with Gasteiger partial charge in [0.05, 0.1) is 15.7 Å². The van der Waals surface area contributed by atoms with Crippen molar-refractivity contribution >= 4 is 40.9 Å². The molecule has 4 rings (SSSR count). The van der Waals surface area contributed by atoms with Gasteiger partial charge in [-0.25, -0.2) is 19.7 Å². The summed E-state index contributed by atoms with van der Waals surface area (Å²) in [6.07, 6.45) is 2.94. The van der Waals surface area contributed by atoms with Gasteiger partial charge in [-0.05, 0) is 50.6 Å². The molecule has 3 heterocycles. The number of ketones is 1. The van der Waals surface area contributed by atoms with Crippen LogP contribution in [-0.2, 0) is 11.2 Å². The largest absolute Gasteiger partial charge is 0.444 e. The lowest BCUT2D eigenvalue weighted by molar-refractivity contribution is 0.0240. The van der Waals surface area contributed by atoms with Crippen LogP contribution in [0.4, 0.5) is 10.6 Å². The number of nitrogens with zero attached hydrogens (tertiary/aromatic N) is 5. The summed E-state index contributed by atoms with van der Waals surface area (Å²) in [5, 5.41) is 0.865. The number of pyridine rings is 1. The molecule has 0 saturated carbocycles. The zero-order valence-corrected chi connectivity index (χ0v) is 21.9. The van der Waals surface area contributed by atoms with Crippen molar-refractivity contribution in [1.29, 1.82) is 0 Å². The van der Waals surface area contributed by atoms with Gasteiger partial charge in [-0.3, -0.25) is 4.79 Å². The van der Waals surface area contributed by atoms with Gasteiger partial charge in [-0.2, -0.15) is 0 Å². The fourth-order valence-electron chi connectivity index (χ4n) is 3.75. The second kappa shape index (κ2) is 10.8. The molecule has 2 aromatic heterocycles. The Morgan fingerprint density at radius 2 is 1.69 bits per heavy atom. The van der Waals surface area contributed by atoms with Gasteiger partial charge in [-0.1, -0.05) is 35.3 Å². The number of halogens is 2. The minimum absolute atomic E-state index is 0.140. The van der Waals surface area contributed by atoms with E-state index in [1.807, 2.05) is 32.9 Å². The first kappa shape index (κ1) is 25.9. The summed E-state index contributed by atoms with van der Waals surface area (Å²) < 4.78 is 5.45. The predicted octanol–water partition coefficient (Wildman–Crippen LogP) is 5.33. The summed E-state index contributed by atoms with van der Waals surface area (Å²) in [6.45, 7) is 8.01. The molecule has 1 amide bonds. The molecule has 1 aliphatic heterocycles. The highest BCUT2D eigenvalue weighted by Gasteiger charge is 2.26. The van der Waals surface area contributed by atoms with Crippen LogP contribution in [0.2, 0.25) is 10.0 Å². The summed E-state index contributed by atoms with van der Waals surface area (Å²) in [6, 6.07) is 10.6. The minimum atomic E-state index is -0.514. The van der Waals surface area contributed by atoms with E-state index in [0.29, 0.717) is 47.6 Å². The highest BCUT2D eigenvalue weighted by atomic mass is 35.5. The lowest BCUT2D eigenvalue weighted by Crippen LogP contribution is -2.50. The quantitative estimate of drug-likeness (QED) is 0.414. The Hall–Kier alpha value is -3.23. The molecule has 0 unspecified atom stereocenters. The number of hydrogen-bond donors (Lipinski definition) is 0. The van der Waals surface area contributed by atoms with Gasteiger partial charge < -0.3 is 14.5 Å². The monoisotopic (exact) mass is 527 g/mol. The number of rotatable bonds is 5. The molecule has 8 nitrogen and oxygen atoms in total. The van der Waals surface area contributed by atoms with E-state index in [4.69, 9.17) is 27.9 Å². The molecular formula is C26H27Cl2N5O3. The minimum Gasteiger partial charge on any atom is -0.444 e. The number of aromatic nitrogens is 3. The van der Waals surface area contributed by atoms with Gasteiger partial charge >= 0.3 is 6.09 Å². The predicted molar refractivity (Wildman–Crippen MR) is 140 cm³/mol. The van der Waals surface area contributed by atoms with E-state index >= 15 is 0 Å². The number of benzene rings is 1. The van der Waals surface area contributed by atoms with E-state index in [1.165, 1.54) is 6.33 Å². The highest BCUT2D eigenvalue weighted by Crippen LogP contribution is 2.27. The van der Waals surface area contributed by atoms with Crippen molar-refractivity contribution in [2.24, 2.45) is 0 Å². The Labute approximate surface area is 220 Å². The highest BCUT2D eigenvalue weighted by molar-refractivity contribution is 6.42. The number of carbonyl (C=O) groups is 2. The number of ether oxygens (including phenoxy) is 1. The summed E-state index contributed by atoms with van der Waals surface area (Å²) in [7, 11) is 0. The van der Waals surface area contributed by atoms with E-state index < -0.39 is 5.60 Å². The molecule has 0 atom stereocenters. The second-order valence-corrected chi connectivity index (χ2v) is 10.3. The average molecular weight is 528 g/mol. The third kappa shape index (κ3) is 6.50. The van der Waals surface area contributed by atoms with E-state index in [9.17, 15) is 9.59 Å². The fraction of sp³-hybridized carbons (Fsp3) is 0.346. The summed E-state index contributed by atoms with van der Waals surface area (Å²) in [5.41, 5.74) is 1.92. The van der Waals surface area contributed by atoms with Gasteiger partial charge in [0.15, 0.2) is 5.78 Å². The Balaban J connectivity index is 1.36. The molecule has 36 heavy (non-hydrogen) atoms. The molecule has 1 saturated heterocycles. The van der Waals surface area contributed by atoms with Crippen LogP contribution in [0, 0.1) is 0 Å². The van der Waals surface area contributed by atoms with E-state index in [1.54, 1.807) is 35.4 Å². The SMILES string of the molecule is CC(C)(C)OC(=O)N1CCN(c2ccc(CC(=O)c3cc(-c4ccc(Cl)c(Cl)c4)ncn3)cn2)CC1. The number of carbonyl (C=O) groups excluding carboxylic acids is 2. The Kier molecular flexibility index (Phi) is 7.76. The van der Waals surface area contributed by atoms with E-state index in [-0.39, 0.29) is 18.3 Å². The molecule has 1 fully saturated rings. The molecule has 3 aromatic rings. The molecule has 0 spiro atoms. The lowest BCUT2D eigenvalue weighted by Gasteiger charge is -2.36. The van der Waals surface area contributed by atoms with Crippen LogP contribution >= 0.6 is 23.2 Å². The Morgan fingerprint density at radius 3 is 2.33 bits per heavy atom. The zero-order chi connectivity index (χ0) is 25.9. The van der Waals surface area contributed by atoms with Crippen LogP contribution < -0.4 is 4.90 Å². The third-order valence-corrected chi connectivity index (χ3v) is 6.34. The van der Waals surface area contributed by atoms with Gasteiger partial charge in [0.1, 0.15) is 23.4 Å². The van der Waals surface area contributed by atoms with Gasteiger partial charge in [0.25, 0.3) is 0 Å². The maximum Gasteiger partial charge on any atom is 0.410 e. The smallest absolute Gasteiger partial charge is 0.410 e. The van der Waals surface area contributed by atoms with Crippen LogP contribution in [0.1, 0.15) is 36.8 Å². The number of anilines is 1. The summed E-state index contributed by atoms with van der Waals surface area (Å²) in [4.78, 5) is 41.9. The maximum absolute atomic E-state index is 12.9. The lowest BCUT2D eigenvalue weighted by atomic mass is 10.1. The second-order valence-electron chi connectivity index (χ2n) is 9.50. The molecule has 1 aliphatic rings. The molecule has 0 N–H and O–H groups in total. The number of Topliss-reactive ketones (excluding diaryl/α,β-unsaturated/α-hetero) is 1. The van der Waals surface area contributed by atoms with Crippen molar-refractivity contribution in [1.82, 2.24) is 19.9 Å².